The number of rotatable bonds is 21. The maximum absolute atomic E-state index is 13.9. The zero-order valence-electron chi connectivity index (χ0n) is 30.3. The van der Waals surface area contributed by atoms with Gasteiger partial charge in [-0.2, -0.15) is 25.3 Å². The number of carboxylic acids is 1. The van der Waals surface area contributed by atoms with Crippen molar-refractivity contribution in [3.8, 4) is 0 Å². The molecule has 303 valence electrons. The number of carbonyl (C=O) groups excluding carboxylic acids is 8. The molecule has 0 saturated carbocycles. The molecule has 1 aliphatic rings. The Bertz CT molecular complexity index is 1340. The van der Waals surface area contributed by atoms with Crippen LogP contribution >= 0.6 is 25.3 Å². The first-order valence-corrected chi connectivity index (χ1v) is 18.1. The third-order valence-corrected chi connectivity index (χ3v) is 8.91. The Morgan fingerprint density at radius 2 is 1.36 bits per heavy atom. The van der Waals surface area contributed by atoms with Crippen molar-refractivity contribution in [2.75, 3.05) is 24.6 Å². The van der Waals surface area contributed by atoms with Crippen molar-refractivity contribution in [2.24, 2.45) is 23.3 Å². The molecule has 0 spiro atoms. The van der Waals surface area contributed by atoms with Crippen molar-refractivity contribution in [1.29, 1.82) is 0 Å². The van der Waals surface area contributed by atoms with Gasteiger partial charge in [0, 0.05) is 24.5 Å². The molecule has 19 nitrogen and oxygen atoms in total. The van der Waals surface area contributed by atoms with Crippen molar-refractivity contribution in [3.63, 3.8) is 0 Å². The van der Waals surface area contributed by atoms with Gasteiger partial charge in [-0.3, -0.25) is 38.4 Å². The Kier molecular flexibility index (Phi) is 22.3. The fourth-order valence-corrected chi connectivity index (χ4v) is 5.49. The molecule has 0 unspecified atom stereocenters. The quantitative estimate of drug-likeness (QED) is 0.0396. The van der Waals surface area contributed by atoms with Crippen molar-refractivity contribution in [3.05, 3.63) is 0 Å². The van der Waals surface area contributed by atoms with E-state index in [9.17, 15) is 48.3 Å². The van der Waals surface area contributed by atoms with Gasteiger partial charge in [-0.05, 0) is 38.0 Å². The summed E-state index contributed by atoms with van der Waals surface area (Å²) in [6.07, 6.45) is 0.105. The third-order valence-electron chi connectivity index (χ3n) is 8.15. The first-order valence-electron chi connectivity index (χ1n) is 16.8. The van der Waals surface area contributed by atoms with E-state index < -0.39 is 114 Å². The molecule has 0 bridgehead atoms. The van der Waals surface area contributed by atoms with Gasteiger partial charge in [0.2, 0.25) is 47.3 Å². The van der Waals surface area contributed by atoms with Crippen LogP contribution in [0.2, 0.25) is 0 Å². The van der Waals surface area contributed by atoms with Gasteiger partial charge in [-0.1, -0.05) is 27.7 Å². The molecule has 0 aliphatic carbocycles. The molecule has 0 aromatic carbocycles. The number of aliphatic carboxylic acids is 1. The van der Waals surface area contributed by atoms with E-state index in [2.05, 4.69) is 57.2 Å². The van der Waals surface area contributed by atoms with Gasteiger partial charge in [0.1, 0.15) is 36.3 Å². The number of carboxylic acid groups (broad SMARTS) is 1. The molecular formula is C31H53CuN9O10S2+2. The molecule has 1 rings (SSSR count). The molecule has 8 amide bonds. The molecule has 22 heteroatoms. The van der Waals surface area contributed by atoms with Gasteiger partial charge in [-0.15, -0.1) is 0 Å². The molecule has 1 aliphatic heterocycles. The molecular weight excluding hydrogens is 786 g/mol. The Hall–Kier alpha value is -3.59. The standard InChI is InChI=1S/C31H53N9O10S2.Cu/c1-14(2)23(38-25(43)16(5)35-22(42)11-34-26(44)17(32)12-51)29(47)39-24(15(3)4)30(48)40-10-6-7-20(40)28(46)36-18(8-9-21(33)41)27(45)37-19(13-52)31(49)50;/h14-20,23-24,51-52H,6-13,32H2,1-5H3,(H2,33,41)(H,34,44)(H,35,42)(H,36,46)(H,37,45)(H,38,43)(H,39,47)(H,49,50);/q;+2/t16-,17-,18-,19-,20-,23-,24-;/m0./s1. The number of nitrogens with zero attached hydrogens (tertiary/aromatic N) is 1. The second-order valence-electron chi connectivity index (χ2n) is 13.1. The van der Waals surface area contributed by atoms with E-state index in [1.807, 2.05) is 0 Å². The Morgan fingerprint density at radius 3 is 1.87 bits per heavy atom. The van der Waals surface area contributed by atoms with E-state index >= 15 is 0 Å². The van der Waals surface area contributed by atoms with E-state index in [-0.39, 0.29) is 54.4 Å². The number of amides is 8. The molecule has 1 radical (unpaired) electrons. The number of carbonyl (C=O) groups is 9. The van der Waals surface area contributed by atoms with Crippen LogP contribution < -0.4 is 43.4 Å². The van der Waals surface area contributed by atoms with Crippen LogP contribution in [0, 0.1) is 11.8 Å². The average Bonchev–Trinajstić information content (AvgIpc) is 3.57. The summed E-state index contributed by atoms with van der Waals surface area (Å²) in [6, 6.07) is -8.07. The van der Waals surface area contributed by atoms with Crippen LogP contribution in [0.3, 0.4) is 0 Å². The van der Waals surface area contributed by atoms with Crippen molar-refractivity contribution in [2.45, 2.75) is 103 Å². The number of thiol groups is 2. The van der Waals surface area contributed by atoms with Gasteiger partial charge in [0.15, 0.2) is 0 Å². The molecule has 11 N–H and O–H groups in total. The summed E-state index contributed by atoms with van der Waals surface area (Å²) in [5.74, 6) is -8.09. The minimum absolute atomic E-state index is 0. The number of likely N-dealkylation sites (tertiary alicyclic amines) is 1. The van der Waals surface area contributed by atoms with Gasteiger partial charge >= 0.3 is 23.0 Å². The second kappa shape index (κ2) is 23.9. The van der Waals surface area contributed by atoms with Crippen LogP contribution in [0.4, 0.5) is 0 Å². The minimum atomic E-state index is -1.37. The number of primary amides is 1. The van der Waals surface area contributed by atoms with E-state index in [0.29, 0.717) is 6.42 Å². The first-order chi connectivity index (χ1) is 24.2. The van der Waals surface area contributed by atoms with Crippen LogP contribution in [-0.2, 0) is 60.2 Å². The summed E-state index contributed by atoms with van der Waals surface area (Å²) in [5, 5.41) is 24.1. The summed E-state index contributed by atoms with van der Waals surface area (Å²) in [7, 11) is 0. The second-order valence-corrected chi connectivity index (χ2v) is 13.8. The Morgan fingerprint density at radius 1 is 0.774 bits per heavy atom. The average molecular weight is 839 g/mol. The van der Waals surface area contributed by atoms with Gasteiger partial charge < -0.3 is 53.4 Å². The summed E-state index contributed by atoms with van der Waals surface area (Å²) >= 11 is 7.83. The fourth-order valence-electron chi connectivity index (χ4n) is 5.07. The van der Waals surface area contributed by atoms with E-state index in [1.54, 1.807) is 27.7 Å². The Labute approximate surface area is 330 Å². The number of hydrogen-bond donors (Lipinski definition) is 11. The van der Waals surface area contributed by atoms with Crippen molar-refractivity contribution >= 4 is 78.5 Å². The summed E-state index contributed by atoms with van der Waals surface area (Å²) < 4.78 is 0. The number of nitrogens with one attached hydrogen (secondary N) is 6. The predicted octanol–water partition coefficient (Wildman–Crippen LogP) is -3.62. The maximum atomic E-state index is 13.9. The normalized spacial score (nSPS) is 17.2. The molecule has 0 aromatic rings. The van der Waals surface area contributed by atoms with E-state index in [0.717, 1.165) is 0 Å². The largest absolute Gasteiger partial charge is 2.00 e. The molecule has 0 aromatic heterocycles. The number of nitrogens with two attached hydrogens (primary N) is 2. The molecule has 1 heterocycles. The van der Waals surface area contributed by atoms with Gasteiger partial charge in [0.05, 0.1) is 12.6 Å². The van der Waals surface area contributed by atoms with Crippen LogP contribution in [-0.4, -0.2) is 130 Å². The third kappa shape index (κ3) is 16.1. The smallest absolute Gasteiger partial charge is 0.480 e. The summed E-state index contributed by atoms with van der Waals surface area (Å²) in [4.78, 5) is 115. The fraction of sp³-hybridized carbons (Fsp3) is 0.710. The zero-order chi connectivity index (χ0) is 39.9. The SMILES string of the molecule is CC(C)[C@H](NC(=O)[C@H](C)NC(=O)CNC(=O)[C@@H](N)CS)C(=O)N[C@H](C(=O)N1CCC[C@H]1C(=O)N[C@@H](CCC(N)=O)C(=O)N[C@@H](CS)C(=O)O)C(C)C.[Cu+2]. The topological polar surface area (TPSA) is 301 Å². The molecule has 1 saturated heterocycles. The molecule has 53 heavy (non-hydrogen) atoms. The first kappa shape index (κ1) is 49.4. The minimum Gasteiger partial charge on any atom is -0.480 e. The van der Waals surface area contributed by atoms with Gasteiger partial charge in [0.25, 0.3) is 0 Å². The van der Waals surface area contributed by atoms with E-state index in [4.69, 9.17) is 11.5 Å². The Balaban J connectivity index is 0.0000270. The van der Waals surface area contributed by atoms with Crippen LogP contribution in [0.1, 0.15) is 60.3 Å². The van der Waals surface area contributed by atoms with Crippen LogP contribution in [0.15, 0.2) is 0 Å². The van der Waals surface area contributed by atoms with Gasteiger partial charge in [-0.25, -0.2) is 4.79 Å². The molecule has 1 fully saturated rings. The van der Waals surface area contributed by atoms with E-state index in [1.165, 1.54) is 11.8 Å². The monoisotopic (exact) mass is 838 g/mol. The van der Waals surface area contributed by atoms with Crippen molar-refractivity contribution in [1.82, 2.24) is 36.8 Å². The number of hydrogen-bond acceptors (Lipinski definition) is 12. The maximum Gasteiger partial charge on any atom is 2.00 e. The summed E-state index contributed by atoms with van der Waals surface area (Å²) in [5.41, 5.74) is 10.8. The molecule has 7 atom stereocenters. The van der Waals surface area contributed by atoms with Crippen LogP contribution in [0.5, 0.6) is 0 Å². The van der Waals surface area contributed by atoms with Crippen LogP contribution in [0.25, 0.3) is 0 Å². The van der Waals surface area contributed by atoms with Crippen molar-refractivity contribution < 1.29 is 65.3 Å². The summed E-state index contributed by atoms with van der Waals surface area (Å²) in [6.45, 7) is 7.79. The zero-order valence-corrected chi connectivity index (χ0v) is 33.0. The predicted molar refractivity (Wildman–Crippen MR) is 194 cm³/mol.